The van der Waals surface area contributed by atoms with Gasteiger partial charge in [0.1, 0.15) is 11.6 Å². The van der Waals surface area contributed by atoms with E-state index in [1.54, 1.807) is 6.07 Å². The number of likely N-dealkylation sites (N-methyl/N-ethyl adjacent to an activating group) is 1. The van der Waals surface area contributed by atoms with Gasteiger partial charge in [0, 0.05) is 41.4 Å². The molecule has 5 heteroatoms. The molecule has 4 aromatic rings. The number of H-pyrrole nitrogens is 1. The van der Waals surface area contributed by atoms with Crippen LogP contribution in [0.2, 0.25) is 0 Å². The van der Waals surface area contributed by atoms with E-state index in [1.165, 1.54) is 16.3 Å². The summed E-state index contributed by atoms with van der Waals surface area (Å²) in [5.74, 6) is 1.61. The first-order chi connectivity index (χ1) is 13.7. The van der Waals surface area contributed by atoms with Crippen LogP contribution in [0, 0.1) is 0 Å². The Bertz CT molecular complexity index is 1180. The number of halogens is 1. The lowest BCUT2D eigenvalue weighted by Gasteiger charge is -2.18. The normalized spacial score (nSPS) is 16.1. The van der Waals surface area contributed by atoms with E-state index in [4.69, 9.17) is 9.72 Å². The zero-order valence-electron chi connectivity index (χ0n) is 16.0. The maximum absolute atomic E-state index is 12.5. The number of benzene rings is 2. The van der Waals surface area contributed by atoms with Crippen LogP contribution in [0.15, 0.2) is 48.5 Å². The molecule has 1 N–H and O–H groups in total. The van der Waals surface area contributed by atoms with Crippen molar-refractivity contribution in [1.29, 1.82) is 0 Å². The Kier molecular flexibility index (Phi) is 3.97. The number of hydrogen-bond donors (Lipinski definition) is 1. The summed E-state index contributed by atoms with van der Waals surface area (Å²) in [7, 11) is 2.11. The molecule has 0 saturated carbocycles. The lowest BCUT2D eigenvalue weighted by atomic mass is 10.0. The van der Waals surface area contributed by atoms with E-state index in [1.807, 2.05) is 18.2 Å². The molecule has 0 aliphatic carbocycles. The van der Waals surface area contributed by atoms with Gasteiger partial charge in [-0.05, 0) is 37.1 Å². The Hall–Kier alpha value is -3.08. The lowest BCUT2D eigenvalue weighted by Crippen LogP contribution is -2.24. The summed E-state index contributed by atoms with van der Waals surface area (Å²) in [5.41, 5.74) is 5.60. The second-order valence-corrected chi connectivity index (χ2v) is 7.52. The molecule has 1 atom stereocenters. The molecule has 0 fully saturated rings. The van der Waals surface area contributed by atoms with Crippen molar-refractivity contribution in [2.24, 2.45) is 0 Å². The smallest absolute Gasteiger partial charge is 0.228 e. The third kappa shape index (κ3) is 2.61. The third-order valence-electron chi connectivity index (χ3n) is 5.79. The molecule has 0 bridgehead atoms. The molecule has 0 spiro atoms. The second kappa shape index (κ2) is 6.51. The van der Waals surface area contributed by atoms with Crippen LogP contribution in [-0.2, 0) is 12.8 Å². The Morgan fingerprint density at radius 2 is 2.07 bits per heavy atom. The first kappa shape index (κ1) is 17.0. The van der Waals surface area contributed by atoms with Crippen LogP contribution in [0.3, 0.4) is 0 Å². The molecule has 0 saturated heterocycles. The van der Waals surface area contributed by atoms with E-state index < -0.39 is 6.86 Å². The van der Waals surface area contributed by atoms with E-state index in [-0.39, 0.29) is 0 Å². The van der Waals surface area contributed by atoms with Gasteiger partial charge in [-0.2, -0.15) is 0 Å². The summed E-state index contributed by atoms with van der Waals surface area (Å²) >= 11 is 0. The first-order valence-corrected chi connectivity index (χ1v) is 9.58. The molecule has 1 unspecified atom stereocenters. The summed E-state index contributed by atoms with van der Waals surface area (Å²) < 4.78 is 17.6. The van der Waals surface area contributed by atoms with Gasteiger partial charge in [-0.3, -0.25) is 0 Å². The molecule has 4 nitrogen and oxygen atoms in total. The Morgan fingerprint density at radius 3 is 2.93 bits per heavy atom. The van der Waals surface area contributed by atoms with E-state index in [0.29, 0.717) is 18.2 Å². The summed E-state index contributed by atoms with van der Waals surface area (Å²) in [6.07, 6.45) is 1.65. The monoisotopic (exact) mass is 375 g/mol. The molecule has 0 amide bonds. The van der Waals surface area contributed by atoms with Gasteiger partial charge in [-0.1, -0.05) is 30.3 Å². The highest BCUT2D eigenvalue weighted by molar-refractivity contribution is 6.11. The van der Waals surface area contributed by atoms with Crippen LogP contribution in [0.25, 0.3) is 21.8 Å². The van der Waals surface area contributed by atoms with Gasteiger partial charge in [0.2, 0.25) is 6.86 Å². The fourth-order valence-corrected chi connectivity index (χ4v) is 4.29. The highest BCUT2D eigenvalue weighted by Gasteiger charge is 2.29. The van der Waals surface area contributed by atoms with Gasteiger partial charge in [0.05, 0.1) is 11.2 Å². The fourth-order valence-electron chi connectivity index (χ4n) is 4.29. The molecule has 1 aliphatic rings. The van der Waals surface area contributed by atoms with Crippen LogP contribution in [0.5, 0.6) is 5.75 Å². The van der Waals surface area contributed by atoms with Crippen LogP contribution >= 0.6 is 0 Å². The maximum Gasteiger partial charge on any atom is 0.228 e. The first-order valence-electron chi connectivity index (χ1n) is 9.58. The average molecular weight is 375 g/mol. The van der Waals surface area contributed by atoms with E-state index in [9.17, 15) is 4.39 Å². The Balaban J connectivity index is 1.71. The van der Waals surface area contributed by atoms with E-state index >= 15 is 0 Å². The molecule has 5 rings (SSSR count). The second-order valence-electron chi connectivity index (χ2n) is 7.52. The molecular weight excluding hydrogens is 353 g/mol. The molecule has 2 aromatic heterocycles. The molecular formula is C23H22FN3O. The number of hydrogen-bond acceptors (Lipinski definition) is 3. The number of anilines is 1. The number of aromatic amines is 1. The van der Waals surface area contributed by atoms with Gasteiger partial charge in [-0.25, -0.2) is 9.37 Å². The predicted octanol–water partition coefficient (Wildman–Crippen LogP) is 4.99. The van der Waals surface area contributed by atoms with Crippen LogP contribution < -0.4 is 9.64 Å². The van der Waals surface area contributed by atoms with Crippen LogP contribution in [-0.4, -0.2) is 29.9 Å². The summed E-state index contributed by atoms with van der Waals surface area (Å²) in [4.78, 5) is 10.9. The van der Waals surface area contributed by atoms with Crippen LogP contribution in [0.1, 0.15) is 23.7 Å². The fraction of sp³-hybridized carbons (Fsp3) is 0.261. The van der Waals surface area contributed by atoms with E-state index in [2.05, 4.69) is 48.1 Å². The number of alkyl halides is 1. The zero-order valence-corrected chi connectivity index (χ0v) is 16.0. The topological polar surface area (TPSA) is 41.1 Å². The molecule has 2 aromatic carbocycles. The van der Waals surface area contributed by atoms with Crippen molar-refractivity contribution in [1.82, 2.24) is 9.97 Å². The summed E-state index contributed by atoms with van der Waals surface area (Å²) in [5, 5.41) is 2.53. The molecule has 3 heterocycles. The van der Waals surface area contributed by atoms with Crippen molar-refractivity contribution in [3.8, 4) is 5.75 Å². The van der Waals surface area contributed by atoms with Gasteiger partial charge in [0.15, 0.2) is 0 Å². The van der Waals surface area contributed by atoms with Crippen molar-refractivity contribution in [3.05, 3.63) is 65.4 Å². The number of nitrogens with one attached hydrogen (secondary N) is 1. The number of ether oxygens (including phenoxy) is 1. The van der Waals surface area contributed by atoms with Gasteiger partial charge in [0.25, 0.3) is 0 Å². The van der Waals surface area contributed by atoms with Gasteiger partial charge in [-0.15, -0.1) is 0 Å². The summed E-state index contributed by atoms with van der Waals surface area (Å²) in [6, 6.07) is 16.4. The van der Waals surface area contributed by atoms with Gasteiger partial charge >= 0.3 is 0 Å². The number of nitrogens with zero attached hydrogens (tertiary/aromatic N) is 2. The Morgan fingerprint density at radius 1 is 1.21 bits per heavy atom. The number of para-hydroxylation sites is 1. The number of pyridine rings is 1. The highest BCUT2D eigenvalue weighted by atomic mass is 19.1. The standard InChI is InChI=1S/C23H22FN3O/c1-14-10-18-21-17-8-3-4-9-19(17)25-22(21)20(26-23(18)27(14)2)12-15-6-5-7-16(11-15)28-13-24/h3-9,11,14,25H,10,12-13H2,1-2H3. The molecule has 142 valence electrons. The largest absolute Gasteiger partial charge is 0.463 e. The van der Waals surface area contributed by atoms with Crippen molar-refractivity contribution in [3.63, 3.8) is 0 Å². The lowest BCUT2D eigenvalue weighted by molar-refractivity contribution is 0.191. The number of fused-ring (bicyclic) bond motifs is 5. The van der Waals surface area contributed by atoms with Crippen molar-refractivity contribution in [2.75, 3.05) is 18.8 Å². The van der Waals surface area contributed by atoms with Crippen molar-refractivity contribution in [2.45, 2.75) is 25.8 Å². The van der Waals surface area contributed by atoms with Gasteiger partial charge < -0.3 is 14.6 Å². The average Bonchev–Trinajstić information content (AvgIpc) is 3.21. The van der Waals surface area contributed by atoms with E-state index in [0.717, 1.165) is 34.5 Å². The van der Waals surface area contributed by atoms with Crippen LogP contribution in [0.4, 0.5) is 10.2 Å². The zero-order chi connectivity index (χ0) is 19.3. The predicted molar refractivity (Wildman–Crippen MR) is 111 cm³/mol. The number of rotatable bonds is 4. The molecule has 0 radical (unpaired) electrons. The third-order valence-corrected chi connectivity index (χ3v) is 5.79. The minimum atomic E-state index is -0.824. The quantitative estimate of drug-likeness (QED) is 0.546. The maximum atomic E-state index is 12.5. The van der Waals surface area contributed by atoms with Crippen molar-refractivity contribution < 1.29 is 9.13 Å². The number of aromatic nitrogens is 2. The molecule has 1 aliphatic heterocycles. The summed E-state index contributed by atoms with van der Waals surface area (Å²) in [6.45, 7) is 1.41. The minimum Gasteiger partial charge on any atom is -0.463 e. The SMILES string of the molecule is CC1Cc2c(nc(Cc3cccc(OCF)c3)c3[nH]c4ccccc4c23)N1C. The Labute approximate surface area is 163 Å². The minimum absolute atomic E-state index is 0.427. The highest BCUT2D eigenvalue weighted by Crippen LogP contribution is 2.40. The van der Waals surface area contributed by atoms with Crippen molar-refractivity contribution >= 4 is 27.6 Å². The molecule has 28 heavy (non-hydrogen) atoms.